The normalized spacial score (nSPS) is 8.17. The van der Waals surface area contributed by atoms with Gasteiger partial charge in [-0.05, 0) is 0 Å². The summed E-state index contributed by atoms with van der Waals surface area (Å²) < 4.78 is 0. The van der Waals surface area contributed by atoms with Gasteiger partial charge in [0.25, 0.3) is 5.59 Å². The summed E-state index contributed by atoms with van der Waals surface area (Å²) in [5, 5.41) is 7.93. The highest BCUT2D eigenvalue weighted by Gasteiger charge is 1.91. The van der Waals surface area contributed by atoms with Crippen LogP contribution in [0.3, 0.4) is 0 Å². The van der Waals surface area contributed by atoms with Crippen molar-refractivity contribution in [2.75, 3.05) is 0 Å². The summed E-state index contributed by atoms with van der Waals surface area (Å²) in [5.74, 6) is 0. The van der Waals surface area contributed by atoms with Crippen molar-refractivity contribution in [3.63, 3.8) is 0 Å². The van der Waals surface area contributed by atoms with Crippen LogP contribution < -0.4 is 0 Å². The molecule has 0 heterocycles. The summed E-state index contributed by atoms with van der Waals surface area (Å²) in [4.78, 5) is 9.62. The van der Waals surface area contributed by atoms with E-state index in [0.29, 0.717) is 9.04 Å². The lowest BCUT2D eigenvalue weighted by Gasteiger charge is -1.76. The monoisotopic (exact) mass is 116 g/mol. The Morgan fingerprint density at radius 3 is 2.33 bits per heavy atom. The fraction of sp³-hybridized carbons (Fsp3) is 0.500. The van der Waals surface area contributed by atoms with E-state index in [1.165, 1.54) is 0 Å². The van der Waals surface area contributed by atoms with Crippen LogP contribution in [0, 0.1) is 0 Å². The molecule has 0 atom stereocenters. The summed E-state index contributed by atoms with van der Waals surface area (Å²) >= 11 is 0. The quantitative estimate of drug-likeness (QED) is 0.517. The summed E-state index contributed by atoms with van der Waals surface area (Å²) in [5.41, 5.74) is -0.671. The Kier molecular flexibility index (Phi) is 3.06. The molecule has 1 N–H and O–H groups in total. The van der Waals surface area contributed by atoms with Crippen molar-refractivity contribution in [1.29, 1.82) is 0 Å². The van der Waals surface area contributed by atoms with Crippen molar-refractivity contribution >= 4 is 23.7 Å². The van der Waals surface area contributed by atoms with Crippen molar-refractivity contribution in [1.82, 2.24) is 0 Å². The second-order valence-electron chi connectivity index (χ2n) is 0.680. The fourth-order valence-corrected chi connectivity index (χ4v) is 0.962. The molecule has 0 aromatic rings. The maximum atomic E-state index is 9.62. The second-order valence-corrected chi connectivity index (χ2v) is 4.11. The predicted octanol–water partition coefficient (Wildman–Crippen LogP) is 0.0359. The van der Waals surface area contributed by atoms with Gasteiger partial charge in [-0.15, -0.1) is 0 Å². The average Bonchev–Trinajstić information content (AvgIpc) is 1.35. The van der Waals surface area contributed by atoms with E-state index < -0.39 is 5.59 Å². The Morgan fingerprint density at radius 2 is 2.33 bits per heavy atom. The van der Waals surface area contributed by atoms with E-state index >= 15 is 0 Å². The Bertz CT molecular complexity index is 53.5. The smallest absolute Gasteiger partial charge is 0.261 e. The molecule has 4 radical (unpaired) electrons. The van der Waals surface area contributed by atoms with Gasteiger partial charge >= 0.3 is 0 Å². The highest BCUT2D eigenvalue weighted by molar-refractivity contribution is 7.14. The molecule has 0 aliphatic heterocycles. The molecule has 0 rings (SSSR count). The van der Waals surface area contributed by atoms with Gasteiger partial charge in [0.1, 0.15) is 0 Å². The van der Waals surface area contributed by atoms with Gasteiger partial charge in [-0.25, -0.2) is 0 Å². The van der Waals surface area contributed by atoms with Crippen LogP contribution in [0.1, 0.15) is 0 Å². The molecule has 0 saturated carbocycles. The minimum atomic E-state index is -0.671. The van der Waals surface area contributed by atoms with E-state index in [9.17, 15) is 4.79 Å². The van der Waals surface area contributed by atoms with Crippen LogP contribution in [0.15, 0.2) is 0 Å². The van der Waals surface area contributed by atoms with E-state index in [1.807, 2.05) is 6.55 Å². The number of hydrogen-bond acceptors (Lipinski definition) is 1. The first-order valence-electron chi connectivity index (χ1n) is 1.43. The molecule has 0 aliphatic carbocycles. The Morgan fingerprint density at radius 1 is 1.83 bits per heavy atom. The van der Waals surface area contributed by atoms with Crippen LogP contribution in [0.4, 0.5) is 4.79 Å². The van der Waals surface area contributed by atoms with Gasteiger partial charge in [0, 0.05) is 9.04 Å². The van der Waals surface area contributed by atoms with Crippen LogP contribution in [0.25, 0.3) is 0 Å². The first kappa shape index (κ1) is 5.90. The minimum Gasteiger partial charge on any atom is -0.486 e. The van der Waals surface area contributed by atoms with Crippen molar-refractivity contribution in [3.05, 3.63) is 0 Å². The van der Waals surface area contributed by atoms with Crippen molar-refractivity contribution in [2.45, 2.75) is 6.55 Å². The fourth-order valence-electron chi connectivity index (χ4n) is 0.107. The molecule has 0 amide bonds. The van der Waals surface area contributed by atoms with Crippen LogP contribution in [0.2, 0.25) is 6.55 Å². The molecule has 0 aliphatic rings. The van der Waals surface area contributed by atoms with E-state index in [2.05, 4.69) is 0 Å². The molecule has 0 unspecified atom stereocenters. The SMILES string of the molecule is C[Si][Si]C(=O)O. The average molecular weight is 116 g/mol. The van der Waals surface area contributed by atoms with Crippen LogP contribution in [-0.4, -0.2) is 28.8 Å². The number of rotatable bonds is 2. The maximum absolute atomic E-state index is 9.62. The topological polar surface area (TPSA) is 37.3 Å². The maximum Gasteiger partial charge on any atom is 0.261 e. The van der Waals surface area contributed by atoms with Gasteiger partial charge < -0.3 is 5.11 Å². The largest absolute Gasteiger partial charge is 0.486 e. The molecule has 0 fully saturated rings. The van der Waals surface area contributed by atoms with Crippen molar-refractivity contribution < 1.29 is 9.90 Å². The third-order valence-electron chi connectivity index (χ3n) is 0.232. The third-order valence-corrected chi connectivity index (χ3v) is 2.09. The standard InChI is InChI=1S/C2H4O2Si2/c1-5-6-2(3)4/h1H3,(H,3,4). The summed E-state index contributed by atoms with van der Waals surface area (Å²) in [6, 6.07) is 0. The zero-order chi connectivity index (χ0) is 4.99. The molecule has 2 nitrogen and oxygen atoms in total. The summed E-state index contributed by atoms with van der Waals surface area (Å²) in [6.45, 7) is 1.88. The van der Waals surface area contributed by atoms with E-state index in [-0.39, 0.29) is 9.04 Å². The first-order chi connectivity index (χ1) is 2.77. The molecule has 32 valence electrons. The highest BCUT2D eigenvalue weighted by atomic mass is 29.1. The number of hydrogen-bond donors (Lipinski definition) is 1. The van der Waals surface area contributed by atoms with E-state index in [0.717, 1.165) is 0 Å². The minimum absolute atomic E-state index is 0.116. The molecule has 0 aromatic carbocycles. The summed E-state index contributed by atoms with van der Waals surface area (Å²) in [7, 11) is 0.682. The number of carbonyl (C=O) groups is 1. The molecule has 0 aromatic heterocycles. The van der Waals surface area contributed by atoms with E-state index in [1.54, 1.807) is 0 Å². The molecular weight excluding hydrogens is 112 g/mol. The molecule has 4 heteroatoms. The molecule has 0 bridgehead atoms. The van der Waals surface area contributed by atoms with Crippen LogP contribution >= 0.6 is 0 Å². The lowest BCUT2D eigenvalue weighted by molar-refractivity contribution is 0.220. The molecule has 0 spiro atoms. The Hall–Kier alpha value is -0.0962. The zero-order valence-corrected chi connectivity index (χ0v) is 5.36. The third kappa shape index (κ3) is 3.90. The lowest BCUT2D eigenvalue weighted by Crippen LogP contribution is -2.09. The van der Waals surface area contributed by atoms with Crippen LogP contribution in [-0.2, 0) is 0 Å². The molecule has 6 heavy (non-hydrogen) atoms. The first-order valence-corrected chi connectivity index (χ1v) is 4.93. The Labute approximate surface area is 41.0 Å². The van der Waals surface area contributed by atoms with Crippen molar-refractivity contribution in [3.8, 4) is 0 Å². The summed E-state index contributed by atoms with van der Waals surface area (Å²) in [6.07, 6.45) is 0. The van der Waals surface area contributed by atoms with Gasteiger partial charge in [-0.3, -0.25) is 4.79 Å². The van der Waals surface area contributed by atoms with Crippen molar-refractivity contribution in [2.24, 2.45) is 0 Å². The van der Waals surface area contributed by atoms with Gasteiger partial charge in [0.15, 0.2) is 9.04 Å². The zero-order valence-electron chi connectivity index (χ0n) is 3.36. The van der Waals surface area contributed by atoms with Gasteiger partial charge in [0.2, 0.25) is 0 Å². The van der Waals surface area contributed by atoms with Gasteiger partial charge in [-0.2, -0.15) is 0 Å². The molecule has 0 saturated heterocycles. The highest BCUT2D eigenvalue weighted by Crippen LogP contribution is 1.58. The lowest BCUT2D eigenvalue weighted by atomic mass is 11.6. The Balaban J connectivity index is 2.83. The van der Waals surface area contributed by atoms with E-state index in [4.69, 9.17) is 5.11 Å². The van der Waals surface area contributed by atoms with Crippen LogP contribution in [0.5, 0.6) is 0 Å². The second kappa shape index (κ2) is 3.11. The van der Waals surface area contributed by atoms with Gasteiger partial charge in [-0.1, -0.05) is 6.55 Å². The van der Waals surface area contributed by atoms with Gasteiger partial charge in [0.05, 0.1) is 0 Å². The number of carboxylic acid groups (broad SMARTS) is 1. The molecular formula is C2H4O2Si2. The predicted molar refractivity (Wildman–Crippen MR) is 25.4 cm³/mol.